The van der Waals surface area contributed by atoms with Crippen LogP contribution in [0.25, 0.3) is 11.3 Å². The van der Waals surface area contributed by atoms with Crippen LogP contribution in [0.15, 0.2) is 53.8 Å². The summed E-state index contributed by atoms with van der Waals surface area (Å²) in [4.78, 5) is 20.5. The molecule has 0 radical (unpaired) electrons. The van der Waals surface area contributed by atoms with E-state index in [0.717, 1.165) is 17.7 Å². The number of imidazole rings is 1. The molecule has 0 unspecified atom stereocenters. The molecule has 1 atom stereocenters. The zero-order valence-electron chi connectivity index (χ0n) is 13.8. The fourth-order valence-electron chi connectivity index (χ4n) is 2.49. The first-order valence-electron chi connectivity index (χ1n) is 7.88. The maximum absolute atomic E-state index is 12.4. The summed E-state index contributed by atoms with van der Waals surface area (Å²) in [5, 5.41) is 2.92. The van der Waals surface area contributed by atoms with E-state index in [9.17, 15) is 4.79 Å². The second-order valence-electron chi connectivity index (χ2n) is 5.97. The molecule has 0 bridgehead atoms. The van der Waals surface area contributed by atoms with Crippen molar-refractivity contribution in [3.63, 3.8) is 0 Å². The lowest BCUT2D eigenvalue weighted by Gasteiger charge is -2.12. The highest BCUT2D eigenvalue weighted by atomic mass is 16.3. The van der Waals surface area contributed by atoms with Gasteiger partial charge in [0.1, 0.15) is 0 Å². The van der Waals surface area contributed by atoms with E-state index in [1.54, 1.807) is 12.5 Å². The van der Waals surface area contributed by atoms with Crippen molar-refractivity contribution in [2.45, 2.75) is 20.4 Å². The average Bonchev–Trinajstić information content (AvgIpc) is 3.25. The third-order valence-electron chi connectivity index (χ3n) is 3.79. The first-order valence-corrected chi connectivity index (χ1v) is 7.88. The van der Waals surface area contributed by atoms with Crippen molar-refractivity contribution in [3.8, 4) is 11.3 Å². The Labute approximate surface area is 140 Å². The van der Waals surface area contributed by atoms with Crippen LogP contribution < -0.4 is 5.32 Å². The highest BCUT2D eigenvalue weighted by molar-refractivity contribution is 5.97. The van der Waals surface area contributed by atoms with Gasteiger partial charge in [-0.05, 0) is 12.8 Å². The molecule has 1 N–H and O–H groups in total. The van der Waals surface area contributed by atoms with Gasteiger partial charge in [-0.1, -0.05) is 36.8 Å². The van der Waals surface area contributed by atoms with Gasteiger partial charge in [0.15, 0.2) is 17.8 Å². The van der Waals surface area contributed by atoms with Gasteiger partial charge in [-0.15, -0.1) is 0 Å². The summed E-state index contributed by atoms with van der Waals surface area (Å²) in [6.07, 6.45) is 6.73. The van der Waals surface area contributed by atoms with Crippen LogP contribution in [0.2, 0.25) is 0 Å². The lowest BCUT2D eigenvalue weighted by Crippen LogP contribution is -2.30. The van der Waals surface area contributed by atoms with Crippen LogP contribution >= 0.6 is 0 Å². The molecule has 0 saturated carbocycles. The maximum Gasteiger partial charge on any atom is 0.273 e. The van der Waals surface area contributed by atoms with Gasteiger partial charge < -0.3 is 14.3 Å². The van der Waals surface area contributed by atoms with Gasteiger partial charge in [-0.2, -0.15) is 0 Å². The maximum atomic E-state index is 12.4. The molecule has 0 spiro atoms. The van der Waals surface area contributed by atoms with E-state index in [-0.39, 0.29) is 11.8 Å². The van der Waals surface area contributed by atoms with Gasteiger partial charge in [0.25, 0.3) is 5.91 Å². The number of aromatic nitrogens is 3. The number of nitrogens with one attached hydrogen (secondary N) is 1. The molecule has 2 aromatic heterocycles. The minimum Gasteiger partial charge on any atom is -0.443 e. The predicted octanol–water partition coefficient (Wildman–Crippen LogP) is 2.91. The summed E-state index contributed by atoms with van der Waals surface area (Å²) in [7, 11) is 0. The fourth-order valence-corrected chi connectivity index (χ4v) is 2.49. The normalized spacial score (nSPS) is 12.1. The number of oxazole rings is 1. The van der Waals surface area contributed by atoms with Crippen LogP contribution in [0.1, 0.15) is 23.0 Å². The highest BCUT2D eigenvalue weighted by Gasteiger charge is 2.18. The van der Waals surface area contributed by atoms with Crippen molar-refractivity contribution in [1.29, 1.82) is 0 Å². The minimum atomic E-state index is -0.225. The lowest BCUT2D eigenvalue weighted by molar-refractivity contribution is 0.0942. The third kappa shape index (κ3) is 3.71. The number of carbonyl (C=O) groups excluding carboxylic acids is 1. The Morgan fingerprint density at radius 3 is 2.83 bits per heavy atom. The topological polar surface area (TPSA) is 73.0 Å². The Hall–Kier alpha value is -2.89. The van der Waals surface area contributed by atoms with Gasteiger partial charge in [0, 0.05) is 31.0 Å². The van der Waals surface area contributed by atoms with E-state index in [1.165, 1.54) is 6.39 Å². The van der Waals surface area contributed by atoms with E-state index >= 15 is 0 Å². The SMILES string of the molecule is Cc1ccc(-c2ocnc2C(=O)NC[C@H](C)Cn2ccnc2)cc1. The standard InChI is InChI=1S/C18H20N4O2/c1-13-3-5-15(6-4-13)17-16(21-12-24-17)18(23)20-9-14(2)10-22-8-7-19-11-22/h3-8,11-12,14H,9-10H2,1-2H3,(H,20,23)/t14-/m0/s1. The Morgan fingerprint density at radius 2 is 2.12 bits per heavy atom. The number of carbonyl (C=O) groups is 1. The molecule has 24 heavy (non-hydrogen) atoms. The van der Waals surface area contributed by atoms with Crippen LogP contribution in [0, 0.1) is 12.8 Å². The summed E-state index contributed by atoms with van der Waals surface area (Å²) >= 11 is 0. The van der Waals surface area contributed by atoms with Gasteiger partial charge in [-0.25, -0.2) is 9.97 Å². The molecule has 124 valence electrons. The summed E-state index contributed by atoms with van der Waals surface area (Å²) in [6.45, 7) is 5.44. The monoisotopic (exact) mass is 324 g/mol. The van der Waals surface area contributed by atoms with Crippen molar-refractivity contribution in [1.82, 2.24) is 19.9 Å². The Bertz CT molecular complexity index is 791. The van der Waals surface area contributed by atoms with E-state index in [1.807, 2.05) is 42.0 Å². The minimum absolute atomic E-state index is 0.225. The molecule has 0 aliphatic heterocycles. The third-order valence-corrected chi connectivity index (χ3v) is 3.79. The highest BCUT2D eigenvalue weighted by Crippen LogP contribution is 2.23. The largest absolute Gasteiger partial charge is 0.443 e. The number of hydrogen-bond donors (Lipinski definition) is 1. The molecule has 3 rings (SSSR count). The number of amides is 1. The van der Waals surface area contributed by atoms with Gasteiger partial charge in [0.05, 0.1) is 6.33 Å². The Balaban J connectivity index is 1.63. The number of benzene rings is 1. The average molecular weight is 324 g/mol. The fraction of sp³-hybridized carbons (Fsp3) is 0.278. The second-order valence-corrected chi connectivity index (χ2v) is 5.97. The zero-order valence-corrected chi connectivity index (χ0v) is 13.8. The molecule has 1 aromatic carbocycles. The first-order chi connectivity index (χ1) is 11.6. The summed E-state index contributed by atoms with van der Waals surface area (Å²) < 4.78 is 7.41. The number of aryl methyl sites for hydroxylation is 1. The van der Waals surface area contributed by atoms with Crippen molar-refractivity contribution in [2.24, 2.45) is 5.92 Å². The zero-order chi connectivity index (χ0) is 16.9. The molecular weight excluding hydrogens is 304 g/mol. The van der Waals surface area contributed by atoms with E-state index < -0.39 is 0 Å². The first kappa shape index (κ1) is 16.0. The van der Waals surface area contributed by atoms with E-state index in [2.05, 4.69) is 22.2 Å². The lowest BCUT2D eigenvalue weighted by atomic mass is 10.1. The molecule has 0 aliphatic rings. The van der Waals surface area contributed by atoms with Crippen LogP contribution in [0.5, 0.6) is 0 Å². The molecule has 1 amide bonds. The second kappa shape index (κ2) is 7.12. The molecule has 0 saturated heterocycles. The van der Waals surface area contributed by atoms with Crippen molar-refractivity contribution >= 4 is 5.91 Å². The van der Waals surface area contributed by atoms with Crippen LogP contribution in [-0.4, -0.2) is 27.0 Å². The smallest absolute Gasteiger partial charge is 0.273 e. The van der Waals surface area contributed by atoms with Crippen LogP contribution in [0.3, 0.4) is 0 Å². The molecule has 6 nitrogen and oxygen atoms in total. The van der Waals surface area contributed by atoms with Crippen molar-refractivity contribution in [3.05, 3.63) is 60.6 Å². The predicted molar refractivity (Wildman–Crippen MR) is 90.4 cm³/mol. The van der Waals surface area contributed by atoms with Gasteiger partial charge in [-0.3, -0.25) is 4.79 Å². The van der Waals surface area contributed by atoms with Crippen LogP contribution in [-0.2, 0) is 6.54 Å². The van der Waals surface area contributed by atoms with Crippen molar-refractivity contribution in [2.75, 3.05) is 6.54 Å². The molecular formula is C18H20N4O2. The number of rotatable bonds is 6. The summed E-state index contributed by atoms with van der Waals surface area (Å²) in [5.74, 6) is 0.546. The molecule has 0 fully saturated rings. The number of hydrogen-bond acceptors (Lipinski definition) is 4. The quantitative estimate of drug-likeness (QED) is 0.756. The van der Waals surface area contributed by atoms with Gasteiger partial charge >= 0.3 is 0 Å². The Kier molecular flexibility index (Phi) is 4.74. The molecule has 2 heterocycles. The van der Waals surface area contributed by atoms with Gasteiger partial charge in [0.2, 0.25) is 0 Å². The molecule has 6 heteroatoms. The Morgan fingerprint density at radius 1 is 1.33 bits per heavy atom. The number of nitrogens with zero attached hydrogens (tertiary/aromatic N) is 3. The molecule has 3 aromatic rings. The van der Waals surface area contributed by atoms with E-state index in [0.29, 0.717) is 18.0 Å². The summed E-state index contributed by atoms with van der Waals surface area (Å²) in [5.41, 5.74) is 2.31. The summed E-state index contributed by atoms with van der Waals surface area (Å²) in [6, 6.07) is 7.81. The van der Waals surface area contributed by atoms with E-state index in [4.69, 9.17) is 4.42 Å². The van der Waals surface area contributed by atoms with Crippen molar-refractivity contribution < 1.29 is 9.21 Å². The molecule has 0 aliphatic carbocycles. The van der Waals surface area contributed by atoms with Crippen LogP contribution in [0.4, 0.5) is 0 Å².